The summed E-state index contributed by atoms with van der Waals surface area (Å²) in [6, 6.07) is 3.65. The van der Waals surface area contributed by atoms with Gasteiger partial charge in [-0.2, -0.15) is 0 Å². The second-order valence-electron chi connectivity index (χ2n) is 4.41. The molecule has 88 valence electrons. The fourth-order valence-electron chi connectivity index (χ4n) is 2.35. The Morgan fingerprint density at radius 2 is 2.25 bits per heavy atom. The summed E-state index contributed by atoms with van der Waals surface area (Å²) in [7, 11) is 1.81. The quantitative estimate of drug-likeness (QED) is 0.827. The lowest BCUT2D eigenvalue weighted by Gasteiger charge is -2.35. The van der Waals surface area contributed by atoms with Crippen LogP contribution >= 0.6 is 0 Å². The van der Waals surface area contributed by atoms with E-state index >= 15 is 0 Å². The van der Waals surface area contributed by atoms with E-state index in [1.54, 1.807) is 24.1 Å². The lowest BCUT2D eigenvalue weighted by molar-refractivity contribution is 0.0640. The van der Waals surface area contributed by atoms with E-state index in [4.69, 9.17) is 10.2 Å². The maximum absolute atomic E-state index is 12.0. The van der Waals surface area contributed by atoms with E-state index in [1.165, 1.54) is 12.7 Å². The molecule has 0 saturated heterocycles. The van der Waals surface area contributed by atoms with Crippen molar-refractivity contribution in [1.29, 1.82) is 0 Å². The number of nitrogens with two attached hydrogens (primary N) is 1. The van der Waals surface area contributed by atoms with Crippen LogP contribution in [0.15, 0.2) is 22.8 Å². The highest BCUT2D eigenvalue weighted by atomic mass is 16.3. The average molecular weight is 222 g/mol. The fraction of sp³-hybridized carbons (Fsp3) is 0.583. The Morgan fingerprint density at radius 1 is 1.50 bits per heavy atom. The molecule has 2 N–H and O–H groups in total. The molecule has 0 aliphatic heterocycles. The van der Waals surface area contributed by atoms with Crippen LogP contribution in [0, 0.1) is 0 Å². The van der Waals surface area contributed by atoms with E-state index in [2.05, 4.69) is 0 Å². The molecule has 1 aliphatic carbocycles. The Labute approximate surface area is 95.4 Å². The summed E-state index contributed by atoms with van der Waals surface area (Å²) in [5, 5.41) is 0. The average Bonchev–Trinajstić information content (AvgIpc) is 2.81. The molecule has 4 heteroatoms. The van der Waals surface area contributed by atoms with Crippen molar-refractivity contribution in [3.63, 3.8) is 0 Å². The molecular formula is C12H18N2O2. The molecule has 0 aromatic carbocycles. The van der Waals surface area contributed by atoms with Crippen LogP contribution in [0.4, 0.5) is 0 Å². The molecule has 1 amide bonds. The van der Waals surface area contributed by atoms with Crippen molar-refractivity contribution in [1.82, 2.24) is 4.90 Å². The van der Waals surface area contributed by atoms with Gasteiger partial charge in [-0.05, 0) is 25.0 Å². The first-order chi connectivity index (χ1) is 7.70. The van der Waals surface area contributed by atoms with Crippen molar-refractivity contribution in [2.24, 2.45) is 5.73 Å². The van der Waals surface area contributed by atoms with E-state index in [0.717, 1.165) is 19.3 Å². The van der Waals surface area contributed by atoms with Gasteiger partial charge in [-0.1, -0.05) is 12.8 Å². The maximum atomic E-state index is 12.0. The Balaban J connectivity index is 2.06. The third kappa shape index (κ3) is 2.11. The zero-order valence-electron chi connectivity index (χ0n) is 9.56. The van der Waals surface area contributed by atoms with Gasteiger partial charge in [0.25, 0.3) is 5.91 Å². The number of likely N-dealkylation sites (N-methyl/N-ethyl adjacent to an activating group) is 1. The highest BCUT2D eigenvalue weighted by molar-refractivity contribution is 5.91. The first-order valence-corrected chi connectivity index (χ1v) is 5.76. The molecule has 2 unspecified atom stereocenters. The summed E-state index contributed by atoms with van der Waals surface area (Å²) in [6.45, 7) is 0. The van der Waals surface area contributed by atoms with Gasteiger partial charge < -0.3 is 15.1 Å². The summed E-state index contributed by atoms with van der Waals surface area (Å²) in [5.74, 6) is 0.313. The first-order valence-electron chi connectivity index (χ1n) is 5.76. The SMILES string of the molecule is CN(C(=O)c1ccco1)C1CCCCC1N. The molecule has 1 fully saturated rings. The molecule has 0 radical (unpaired) electrons. The molecule has 1 aromatic rings. The zero-order chi connectivity index (χ0) is 11.5. The van der Waals surface area contributed by atoms with Crippen LogP contribution < -0.4 is 5.73 Å². The Kier molecular flexibility index (Phi) is 3.29. The summed E-state index contributed by atoms with van der Waals surface area (Å²) in [6.07, 6.45) is 5.82. The van der Waals surface area contributed by atoms with E-state index in [1.807, 2.05) is 0 Å². The Morgan fingerprint density at radius 3 is 2.88 bits per heavy atom. The topological polar surface area (TPSA) is 59.5 Å². The normalized spacial score (nSPS) is 25.4. The van der Waals surface area contributed by atoms with Gasteiger partial charge in [0, 0.05) is 19.1 Å². The van der Waals surface area contributed by atoms with Crippen LogP contribution in [-0.4, -0.2) is 29.9 Å². The van der Waals surface area contributed by atoms with Gasteiger partial charge in [0.15, 0.2) is 5.76 Å². The summed E-state index contributed by atoms with van der Waals surface area (Å²) in [4.78, 5) is 13.8. The largest absolute Gasteiger partial charge is 0.459 e. The maximum Gasteiger partial charge on any atom is 0.289 e. The minimum atomic E-state index is -0.0765. The number of amides is 1. The second-order valence-corrected chi connectivity index (χ2v) is 4.41. The van der Waals surface area contributed by atoms with E-state index < -0.39 is 0 Å². The van der Waals surface area contributed by atoms with Crippen LogP contribution in [-0.2, 0) is 0 Å². The third-order valence-electron chi connectivity index (χ3n) is 3.33. The van der Waals surface area contributed by atoms with Gasteiger partial charge in [-0.25, -0.2) is 0 Å². The number of furan rings is 1. The lowest BCUT2D eigenvalue weighted by atomic mass is 9.90. The second kappa shape index (κ2) is 4.70. The van der Waals surface area contributed by atoms with Crippen LogP contribution in [0.25, 0.3) is 0 Å². The molecule has 4 nitrogen and oxygen atoms in total. The number of carbonyl (C=O) groups excluding carboxylic acids is 1. The standard InChI is InChI=1S/C12H18N2O2/c1-14(10-6-3-2-5-9(10)13)12(15)11-7-4-8-16-11/h4,7-10H,2-3,5-6,13H2,1H3. The highest BCUT2D eigenvalue weighted by Gasteiger charge is 2.29. The Hall–Kier alpha value is -1.29. The molecule has 1 aliphatic rings. The fourth-order valence-corrected chi connectivity index (χ4v) is 2.35. The first kappa shape index (κ1) is 11.2. The predicted molar refractivity (Wildman–Crippen MR) is 61.0 cm³/mol. The molecule has 0 bridgehead atoms. The van der Waals surface area contributed by atoms with Gasteiger partial charge in [-0.15, -0.1) is 0 Å². The van der Waals surface area contributed by atoms with E-state index in [9.17, 15) is 4.79 Å². The zero-order valence-corrected chi connectivity index (χ0v) is 9.56. The molecule has 2 rings (SSSR count). The number of rotatable bonds is 2. The Bertz CT molecular complexity index is 348. The molecule has 1 aromatic heterocycles. The summed E-state index contributed by atoms with van der Waals surface area (Å²) in [5.41, 5.74) is 6.05. The van der Waals surface area contributed by atoms with Crippen molar-refractivity contribution in [3.05, 3.63) is 24.2 Å². The van der Waals surface area contributed by atoms with Crippen molar-refractivity contribution in [2.75, 3.05) is 7.05 Å². The predicted octanol–water partition coefficient (Wildman–Crippen LogP) is 1.62. The number of hydrogen-bond donors (Lipinski definition) is 1. The third-order valence-corrected chi connectivity index (χ3v) is 3.33. The molecular weight excluding hydrogens is 204 g/mol. The van der Waals surface area contributed by atoms with Crippen LogP contribution in [0.1, 0.15) is 36.2 Å². The van der Waals surface area contributed by atoms with Crippen molar-refractivity contribution < 1.29 is 9.21 Å². The molecule has 16 heavy (non-hydrogen) atoms. The number of hydrogen-bond acceptors (Lipinski definition) is 3. The van der Waals surface area contributed by atoms with Gasteiger partial charge >= 0.3 is 0 Å². The van der Waals surface area contributed by atoms with Crippen LogP contribution in [0.5, 0.6) is 0 Å². The minimum Gasteiger partial charge on any atom is -0.459 e. The summed E-state index contributed by atoms with van der Waals surface area (Å²) >= 11 is 0. The van der Waals surface area contributed by atoms with Crippen LogP contribution in [0.2, 0.25) is 0 Å². The molecule has 0 spiro atoms. The summed E-state index contributed by atoms with van der Waals surface area (Å²) < 4.78 is 5.11. The van der Waals surface area contributed by atoms with Crippen LogP contribution in [0.3, 0.4) is 0 Å². The van der Waals surface area contributed by atoms with Gasteiger partial charge in [0.1, 0.15) is 0 Å². The smallest absolute Gasteiger partial charge is 0.289 e. The van der Waals surface area contributed by atoms with E-state index in [0.29, 0.717) is 5.76 Å². The molecule has 1 saturated carbocycles. The molecule has 1 heterocycles. The minimum absolute atomic E-state index is 0.0765. The van der Waals surface area contributed by atoms with Gasteiger partial charge in [-0.3, -0.25) is 4.79 Å². The van der Waals surface area contributed by atoms with Crippen molar-refractivity contribution >= 4 is 5.91 Å². The molecule has 2 atom stereocenters. The van der Waals surface area contributed by atoms with Gasteiger partial charge in [0.05, 0.1) is 6.26 Å². The highest BCUT2D eigenvalue weighted by Crippen LogP contribution is 2.22. The van der Waals surface area contributed by atoms with Crippen molar-refractivity contribution in [3.8, 4) is 0 Å². The lowest BCUT2D eigenvalue weighted by Crippen LogP contribution is -2.50. The van der Waals surface area contributed by atoms with E-state index in [-0.39, 0.29) is 18.0 Å². The van der Waals surface area contributed by atoms with Crippen molar-refractivity contribution in [2.45, 2.75) is 37.8 Å². The monoisotopic (exact) mass is 222 g/mol. The van der Waals surface area contributed by atoms with Gasteiger partial charge in [0.2, 0.25) is 0 Å². The number of nitrogens with zero attached hydrogens (tertiary/aromatic N) is 1. The number of carbonyl (C=O) groups is 1.